The van der Waals surface area contributed by atoms with Gasteiger partial charge in [0.15, 0.2) is 0 Å². The first-order valence-electron chi connectivity index (χ1n) is 3.55. The van der Waals surface area contributed by atoms with E-state index in [-0.39, 0.29) is 11.0 Å². The van der Waals surface area contributed by atoms with Gasteiger partial charge in [-0.15, -0.1) is 0 Å². The lowest BCUT2D eigenvalue weighted by atomic mass is 10.3. The second kappa shape index (κ2) is 6.31. The molecule has 1 aromatic rings. The predicted molar refractivity (Wildman–Crippen MR) is 51.2 cm³/mol. The highest BCUT2D eigenvalue weighted by Crippen LogP contribution is 2.14. The van der Waals surface area contributed by atoms with Crippen LogP contribution < -0.4 is 4.74 Å². The quantitative estimate of drug-likeness (QED) is 0.710. The van der Waals surface area contributed by atoms with Crippen molar-refractivity contribution in [3.05, 3.63) is 24.3 Å². The van der Waals surface area contributed by atoms with Crippen molar-refractivity contribution in [2.45, 2.75) is 6.92 Å². The fraction of sp³-hybridized carbons (Fsp3) is 0.222. The number of methoxy groups -OCH3 is 1. The first-order valence-corrected chi connectivity index (χ1v) is 3.93. The molecule has 0 radical (unpaired) electrons. The number of benzene rings is 1. The fourth-order valence-electron chi connectivity index (χ4n) is 0.582. The number of phenols is 1. The molecule has 3 nitrogen and oxygen atoms in total. The molecule has 0 fully saturated rings. The number of rotatable bonds is 1. The van der Waals surface area contributed by atoms with Crippen LogP contribution in [0.25, 0.3) is 0 Å². The lowest BCUT2D eigenvalue weighted by Crippen LogP contribution is -1.79. The van der Waals surface area contributed by atoms with Crippen molar-refractivity contribution in [1.29, 1.82) is 0 Å². The topological polar surface area (TPSA) is 46.5 Å². The molecule has 13 heavy (non-hydrogen) atoms. The minimum atomic E-state index is -0.361. The van der Waals surface area contributed by atoms with E-state index >= 15 is 0 Å². The number of ether oxygens (including phenoxy) is 1. The fourth-order valence-corrected chi connectivity index (χ4v) is 0.582. The molecule has 0 saturated carbocycles. The molecule has 0 spiro atoms. The molecule has 4 heteroatoms. The molecule has 0 aliphatic rings. The number of carbonyl (C=O) groups is 1. The van der Waals surface area contributed by atoms with Crippen LogP contribution in [-0.2, 0) is 4.79 Å². The van der Waals surface area contributed by atoms with E-state index in [1.807, 2.05) is 0 Å². The lowest BCUT2D eigenvalue weighted by molar-refractivity contribution is -0.109. The van der Waals surface area contributed by atoms with Gasteiger partial charge in [-0.3, -0.25) is 4.79 Å². The van der Waals surface area contributed by atoms with Gasteiger partial charge in [-0.05, 0) is 35.9 Å². The van der Waals surface area contributed by atoms with Crippen LogP contribution in [0.4, 0.5) is 0 Å². The Morgan fingerprint density at radius 1 is 1.38 bits per heavy atom. The summed E-state index contributed by atoms with van der Waals surface area (Å²) in [4.78, 5) is 9.21. The molecule has 0 aromatic heterocycles. The molecule has 0 atom stereocenters. The second-order valence-electron chi connectivity index (χ2n) is 2.17. The second-order valence-corrected chi connectivity index (χ2v) is 2.70. The molecule has 0 aliphatic heterocycles. The minimum absolute atomic E-state index is 0.260. The summed E-state index contributed by atoms with van der Waals surface area (Å²) in [6.45, 7) is 1.29. The van der Waals surface area contributed by atoms with Crippen molar-refractivity contribution in [1.82, 2.24) is 0 Å². The van der Waals surface area contributed by atoms with Gasteiger partial charge in [0.1, 0.15) is 11.5 Å². The van der Waals surface area contributed by atoms with Crippen molar-refractivity contribution in [3.8, 4) is 11.5 Å². The Morgan fingerprint density at radius 2 is 1.77 bits per heavy atom. The van der Waals surface area contributed by atoms with Crippen LogP contribution in [0, 0.1) is 0 Å². The third-order valence-electron chi connectivity index (χ3n) is 1.07. The molecule has 0 amide bonds. The Kier molecular flexibility index (Phi) is 5.72. The zero-order chi connectivity index (χ0) is 10.3. The molecule has 0 aliphatic carbocycles. The summed E-state index contributed by atoms with van der Waals surface area (Å²) < 4.78 is 4.86. The van der Waals surface area contributed by atoms with E-state index in [0.717, 1.165) is 5.75 Å². The third kappa shape index (κ3) is 7.15. The molecule has 0 bridgehead atoms. The van der Waals surface area contributed by atoms with Crippen LogP contribution in [-0.4, -0.2) is 17.5 Å². The highest BCUT2D eigenvalue weighted by molar-refractivity contribution is 6.62. The molecule has 1 rings (SSSR count). The van der Waals surface area contributed by atoms with E-state index in [4.69, 9.17) is 9.84 Å². The highest BCUT2D eigenvalue weighted by atomic mass is 35.5. The maximum atomic E-state index is 9.21. The maximum absolute atomic E-state index is 9.21. The van der Waals surface area contributed by atoms with Crippen molar-refractivity contribution in [3.63, 3.8) is 0 Å². The van der Waals surface area contributed by atoms with Gasteiger partial charge >= 0.3 is 0 Å². The Bertz CT molecular complexity index is 252. The lowest BCUT2D eigenvalue weighted by Gasteiger charge is -1.96. The van der Waals surface area contributed by atoms with Crippen molar-refractivity contribution < 1.29 is 14.6 Å². The summed E-state index contributed by atoms with van der Waals surface area (Å²) >= 11 is 4.64. The summed E-state index contributed by atoms with van der Waals surface area (Å²) in [5, 5.41) is 8.44. The van der Waals surface area contributed by atoms with Gasteiger partial charge in [0.2, 0.25) is 5.24 Å². The monoisotopic (exact) mass is 202 g/mol. The van der Waals surface area contributed by atoms with Gasteiger partial charge < -0.3 is 9.84 Å². The van der Waals surface area contributed by atoms with Gasteiger partial charge in [0, 0.05) is 6.92 Å². The standard InChI is InChI=1S/C7H8O2.C2H3ClO/c1-9-7-4-2-6(8)3-5-7;1-2(3)4/h2-5,8H,1H3;1H3. The summed E-state index contributed by atoms with van der Waals surface area (Å²) in [5.41, 5.74) is 0. The number of halogens is 1. The van der Waals surface area contributed by atoms with Gasteiger partial charge in [0.25, 0.3) is 0 Å². The van der Waals surface area contributed by atoms with E-state index < -0.39 is 0 Å². The number of carbonyl (C=O) groups excluding carboxylic acids is 1. The summed E-state index contributed by atoms with van der Waals surface area (Å²) in [6.07, 6.45) is 0. The first kappa shape index (κ1) is 11.8. The Morgan fingerprint density at radius 3 is 2.08 bits per heavy atom. The smallest absolute Gasteiger partial charge is 0.218 e. The first-order chi connectivity index (χ1) is 6.06. The number of hydrogen-bond acceptors (Lipinski definition) is 3. The van der Waals surface area contributed by atoms with Crippen LogP contribution in [0.1, 0.15) is 6.92 Å². The number of phenolic OH excluding ortho intramolecular Hbond substituents is 1. The van der Waals surface area contributed by atoms with E-state index in [9.17, 15) is 4.79 Å². The Balaban J connectivity index is 0.000000310. The molecular weight excluding hydrogens is 192 g/mol. The predicted octanol–water partition coefficient (Wildman–Crippen LogP) is 2.17. The molecular formula is C9H11ClO3. The zero-order valence-electron chi connectivity index (χ0n) is 7.45. The van der Waals surface area contributed by atoms with Crippen LogP contribution >= 0.6 is 11.6 Å². The van der Waals surface area contributed by atoms with E-state index in [1.54, 1.807) is 31.4 Å². The Labute approximate surface area is 81.9 Å². The van der Waals surface area contributed by atoms with E-state index in [2.05, 4.69) is 11.6 Å². The summed E-state index contributed by atoms with van der Waals surface area (Å²) in [6, 6.07) is 6.57. The molecule has 72 valence electrons. The van der Waals surface area contributed by atoms with E-state index in [1.165, 1.54) is 6.92 Å². The molecule has 0 unspecified atom stereocenters. The van der Waals surface area contributed by atoms with Crippen molar-refractivity contribution >= 4 is 16.8 Å². The largest absolute Gasteiger partial charge is 0.508 e. The minimum Gasteiger partial charge on any atom is -0.508 e. The molecule has 0 saturated heterocycles. The van der Waals surface area contributed by atoms with Crippen molar-refractivity contribution in [2.75, 3.05) is 7.11 Å². The SMILES string of the molecule is CC(=O)Cl.COc1ccc(O)cc1. The molecule has 0 heterocycles. The van der Waals surface area contributed by atoms with Crippen LogP contribution in [0.5, 0.6) is 11.5 Å². The van der Waals surface area contributed by atoms with Gasteiger partial charge in [-0.1, -0.05) is 0 Å². The average Bonchev–Trinajstić information content (AvgIpc) is 2.05. The normalized spacial score (nSPS) is 8.23. The maximum Gasteiger partial charge on any atom is 0.218 e. The number of hydrogen-bond donors (Lipinski definition) is 1. The van der Waals surface area contributed by atoms with Gasteiger partial charge in [-0.2, -0.15) is 0 Å². The summed E-state index contributed by atoms with van der Waals surface area (Å²) in [7, 11) is 1.59. The molecule has 1 N–H and O–H groups in total. The van der Waals surface area contributed by atoms with Crippen LogP contribution in [0.2, 0.25) is 0 Å². The van der Waals surface area contributed by atoms with Gasteiger partial charge in [0.05, 0.1) is 7.11 Å². The van der Waals surface area contributed by atoms with Crippen LogP contribution in [0.15, 0.2) is 24.3 Å². The highest BCUT2D eigenvalue weighted by Gasteiger charge is 1.87. The average molecular weight is 203 g/mol. The number of aromatic hydroxyl groups is 1. The van der Waals surface area contributed by atoms with Gasteiger partial charge in [-0.25, -0.2) is 0 Å². The third-order valence-corrected chi connectivity index (χ3v) is 1.07. The Hall–Kier alpha value is -1.22. The molecule has 1 aromatic carbocycles. The van der Waals surface area contributed by atoms with E-state index in [0.29, 0.717) is 0 Å². The van der Waals surface area contributed by atoms with Crippen molar-refractivity contribution in [2.24, 2.45) is 0 Å². The summed E-state index contributed by atoms with van der Waals surface area (Å²) in [5.74, 6) is 1.02. The van der Waals surface area contributed by atoms with Crippen LogP contribution in [0.3, 0.4) is 0 Å². The zero-order valence-corrected chi connectivity index (χ0v) is 8.21.